The molecule has 2 rings (SSSR count). The molecule has 1 N–H and O–H groups in total. The molecule has 0 unspecified atom stereocenters. The van der Waals surface area contributed by atoms with Crippen LogP contribution in [0.4, 0.5) is 8.78 Å². The first kappa shape index (κ1) is 12.9. The highest BCUT2D eigenvalue weighted by Crippen LogP contribution is 2.16. The normalized spacial score (nSPS) is 11.2. The Hall–Kier alpha value is -1.56. The molecule has 96 valence electrons. The van der Waals surface area contributed by atoms with Gasteiger partial charge in [0.25, 0.3) is 0 Å². The van der Waals surface area contributed by atoms with Crippen molar-refractivity contribution in [2.24, 2.45) is 0 Å². The van der Waals surface area contributed by atoms with Crippen molar-refractivity contribution < 1.29 is 8.78 Å². The van der Waals surface area contributed by atoms with Gasteiger partial charge in [0.1, 0.15) is 17.5 Å². The van der Waals surface area contributed by atoms with E-state index in [0.717, 1.165) is 18.0 Å². The largest absolute Gasteiger partial charge is 0.299 e. The molecule has 1 aromatic heterocycles. The first-order valence-electron chi connectivity index (χ1n) is 5.58. The molecule has 0 aliphatic rings. The monoisotopic (exact) mass is 269 g/mol. The molecule has 0 saturated heterocycles. The molecule has 0 aliphatic carbocycles. The third-order valence-corrected chi connectivity index (χ3v) is 2.95. The van der Waals surface area contributed by atoms with Crippen molar-refractivity contribution in [1.29, 1.82) is 0 Å². The van der Waals surface area contributed by atoms with Crippen LogP contribution < -0.4 is 0 Å². The number of halogens is 2. The number of hydrogen-bond acceptors (Lipinski definition) is 2. The van der Waals surface area contributed by atoms with Crippen LogP contribution in [0, 0.1) is 16.4 Å². The number of aromatic amines is 1. The maximum atomic E-state index is 13.6. The summed E-state index contributed by atoms with van der Waals surface area (Å²) in [6, 6.07) is 3.38. The van der Waals surface area contributed by atoms with E-state index in [0.29, 0.717) is 4.77 Å². The Morgan fingerprint density at radius 1 is 1.39 bits per heavy atom. The summed E-state index contributed by atoms with van der Waals surface area (Å²) in [7, 11) is 0. The summed E-state index contributed by atoms with van der Waals surface area (Å²) in [4.78, 5) is 0. The average Bonchev–Trinajstić information content (AvgIpc) is 2.66. The van der Waals surface area contributed by atoms with Crippen molar-refractivity contribution in [3.63, 3.8) is 0 Å². The summed E-state index contributed by atoms with van der Waals surface area (Å²) in [6.07, 6.45) is 0. The molecule has 6 heteroatoms. The van der Waals surface area contributed by atoms with Gasteiger partial charge in [-0.15, -0.1) is 0 Å². The van der Waals surface area contributed by atoms with Crippen LogP contribution in [-0.4, -0.2) is 14.8 Å². The highest BCUT2D eigenvalue weighted by atomic mass is 32.1. The van der Waals surface area contributed by atoms with Crippen molar-refractivity contribution in [1.82, 2.24) is 14.8 Å². The van der Waals surface area contributed by atoms with Gasteiger partial charge < -0.3 is 0 Å². The Morgan fingerprint density at radius 3 is 2.78 bits per heavy atom. The van der Waals surface area contributed by atoms with Crippen LogP contribution in [0.3, 0.4) is 0 Å². The lowest BCUT2D eigenvalue weighted by Gasteiger charge is -2.10. The van der Waals surface area contributed by atoms with E-state index >= 15 is 0 Å². The van der Waals surface area contributed by atoms with Crippen molar-refractivity contribution in [2.45, 2.75) is 26.3 Å². The van der Waals surface area contributed by atoms with Gasteiger partial charge in [-0.3, -0.25) is 9.67 Å². The highest BCUT2D eigenvalue weighted by molar-refractivity contribution is 7.71. The Morgan fingerprint density at radius 2 is 2.11 bits per heavy atom. The smallest absolute Gasteiger partial charge is 0.195 e. The van der Waals surface area contributed by atoms with Crippen LogP contribution in [0.5, 0.6) is 0 Å². The summed E-state index contributed by atoms with van der Waals surface area (Å²) in [5.74, 6) is -0.0417. The fourth-order valence-electron chi connectivity index (χ4n) is 1.76. The molecule has 0 aliphatic heterocycles. The molecule has 0 amide bonds. The van der Waals surface area contributed by atoms with E-state index in [4.69, 9.17) is 12.2 Å². The molecule has 0 radical (unpaired) electrons. The van der Waals surface area contributed by atoms with Crippen LogP contribution >= 0.6 is 12.2 Å². The SMILES string of the molecule is CC(C)c1n[nH]c(=S)n1Cc1cc(F)ccc1F. The Bertz CT molecular complexity index is 616. The van der Waals surface area contributed by atoms with Gasteiger partial charge in [-0.1, -0.05) is 13.8 Å². The number of benzene rings is 1. The zero-order valence-corrected chi connectivity index (χ0v) is 10.9. The quantitative estimate of drug-likeness (QED) is 0.866. The molecule has 1 heterocycles. The maximum absolute atomic E-state index is 13.6. The molecule has 18 heavy (non-hydrogen) atoms. The Kier molecular flexibility index (Phi) is 3.56. The summed E-state index contributed by atoms with van der Waals surface area (Å²) in [6.45, 7) is 4.10. The maximum Gasteiger partial charge on any atom is 0.195 e. The van der Waals surface area contributed by atoms with E-state index in [-0.39, 0.29) is 18.0 Å². The van der Waals surface area contributed by atoms with E-state index in [1.807, 2.05) is 13.8 Å². The van der Waals surface area contributed by atoms with E-state index < -0.39 is 11.6 Å². The van der Waals surface area contributed by atoms with Crippen LogP contribution in [0.25, 0.3) is 0 Å². The summed E-state index contributed by atoms with van der Waals surface area (Å²) < 4.78 is 28.8. The molecule has 0 spiro atoms. The van der Waals surface area contributed by atoms with Crippen molar-refractivity contribution in [2.75, 3.05) is 0 Å². The van der Waals surface area contributed by atoms with Gasteiger partial charge in [0.15, 0.2) is 4.77 Å². The second-order valence-corrected chi connectivity index (χ2v) is 4.75. The van der Waals surface area contributed by atoms with Gasteiger partial charge in [-0.05, 0) is 30.4 Å². The topological polar surface area (TPSA) is 33.6 Å². The Labute approximate surface area is 108 Å². The molecule has 3 nitrogen and oxygen atoms in total. The predicted octanol–water partition coefficient (Wildman–Crippen LogP) is 3.39. The van der Waals surface area contributed by atoms with Crippen molar-refractivity contribution >= 4 is 12.2 Å². The third-order valence-electron chi connectivity index (χ3n) is 2.64. The zero-order chi connectivity index (χ0) is 13.3. The molecular formula is C12H13F2N3S. The number of nitrogens with one attached hydrogen (secondary N) is 1. The van der Waals surface area contributed by atoms with E-state index in [1.54, 1.807) is 4.57 Å². The van der Waals surface area contributed by atoms with Gasteiger partial charge >= 0.3 is 0 Å². The van der Waals surface area contributed by atoms with E-state index in [1.165, 1.54) is 6.07 Å². The molecule has 2 aromatic rings. The van der Waals surface area contributed by atoms with Crippen LogP contribution in [0.2, 0.25) is 0 Å². The summed E-state index contributed by atoms with van der Waals surface area (Å²) in [5, 5.41) is 6.77. The average molecular weight is 269 g/mol. The molecule has 0 bridgehead atoms. The van der Waals surface area contributed by atoms with Gasteiger partial charge in [0.2, 0.25) is 0 Å². The first-order chi connectivity index (χ1) is 8.49. The lowest BCUT2D eigenvalue weighted by atomic mass is 10.1. The molecule has 1 aromatic carbocycles. The predicted molar refractivity (Wildman–Crippen MR) is 67.0 cm³/mol. The number of nitrogens with zero attached hydrogens (tertiary/aromatic N) is 2. The second-order valence-electron chi connectivity index (χ2n) is 4.36. The number of hydrogen-bond donors (Lipinski definition) is 1. The van der Waals surface area contributed by atoms with Gasteiger partial charge in [0.05, 0.1) is 6.54 Å². The molecule has 0 saturated carbocycles. The van der Waals surface area contributed by atoms with Gasteiger partial charge in [-0.25, -0.2) is 8.78 Å². The minimum atomic E-state index is -0.465. The molecule has 0 fully saturated rings. The minimum absolute atomic E-state index is 0.148. The van der Waals surface area contributed by atoms with Crippen molar-refractivity contribution in [3.05, 3.63) is 46.0 Å². The van der Waals surface area contributed by atoms with Crippen molar-refractivity contribution in [3.8, 4) is 0 Å². The number of H-pyrrole nitrogens is 1. The van der Waals surface area contributed by atoms with E-state index in [9.17, 15) is 8.78 Å². The van der Waals surface area contributed by atoms with Crippen LogP contribution in [0.1, 0.15) is 31.2 Å². The third kappa shape index (κ3) is 2.48. The standard InChI is InChI=1S/C12H13F2N3S/c1-7(2)11-15-16-12(18)17(11)6-8-5-9(13)3-4-10(8)14/h3-5,7H,6H2,1-2H3,(H,16,18). The fraction of sp³-hybridized carbons (Fsp3) is 0.333. The summed E-state index contributed by atoms with van der Waals surface area (Å²) >= 11 is 5.10. The fourth-order valence-corrected chi connectivity index (χ4v) is 1.96. The summed E-state index contributed by atoms with van der Waals surface area (Å²) in [5.41, 5.74) is 0.259. The highest BCUT2D eigenvalue weighted by Gasteiger charge is 2.12. The van der Waals surface area contributed by atoms with Gasteiger partial charge in [-0.2, -0.15) is 5.10 Å². The minimum Gasteiger partial charge on any atom is -0.299 e. The first-order valence-corrected chi connectivity index (χ1v) is 5.99. The van der Waals surface area contributed by atoms with E-state index in [2.05, 4.69) is 10.2 Å². The molecule has 0 atom stereocenters. The lowest BCUT2D eigenvalue weighted by Crippen LogP contribution is -2.08. The number of aromatic nitrogens is 3. The Balaban J connectivity index is 2.43. The van der Waals surface area contributed by atoms with Crippen LogP contribution in [-0.2, 0) is 6.54 Å². The lowest BCUT2D eigenvalue weighted by molar-refractivity contribution is 0.568. The van der Waals surface area contributed by atoms with Crippen LogP contribution in [0.15, 0.2) is 18.2 Å². The molecular weight excluding hydrogens is 256 g/mol. The zero-order valence-electron chi connectivity index (χ0n) is 10.1. The van der Waals surface area contributed by atoms with Gasteiger partial charge in [0, 0.05) is 11.5 Å². The number of rotatable bonds is 3. The second kappa shape index (κ2) is 4.97.